The second-order valence-electron chi connectivity index (χ2n) is 15.8. The minimum atomic E-state index is 0.347. The standard InChI is InChI=1S/C56H41N3/c1-4-13-37(14-5-1)39-23-29-43(30-24-39)54-57-55(44-31-25-40(26-32-44)38-15-6-2-7-16-38)59-56(58-54)45-33-27-42(28-34-45)47-22-12-19-46-35-51-49-21-11-10-20-48(49)50(36-52(51)53(46)47)41-17-8-3-9-18-41/h1-15,17-34,36,38,48-49H,16,35H2. The smallest absolute Gasteiger partial charge is 0.164 e. The zero-order valence-corrected chi connectivity index (χ0v) is 32.6. The molecule has 3 nitrogen and oxygen atoms in total. The normalized spacial score (nSPS) is 18.6. The highest BCUT2D eigenvalue weighted by Crippen LogP contribution is 2.52. The van der Waals surface area contributed by atoms with Crippen molar-refractivity contribution in [3.05, 3.63) is 234 Å². The predicted molar refractivity (Wildman–Crippen MR) is 243 cm³/mol. The molecule has 0 aliphatic heterocycles. The van der Waals surface area contributed by atoms with E-state index >= 15 is 0 Å². The van der Waals surface area contributed by atoms with Crippen LogP contribution in [0.3, 0.4) is 0 Å². The average Bonchev–Trinajstić information content (AvgIpc) is 3.71. The maximum atomic E-state index is 5.12. The second kappa shape index (κ2) is 14.9. The molecular weight excluding hydrogens is 715 g/mol. The predicted octanol–water partition coefficient (Wildman–Crippen LogP) is 13.6. The van der Waals surface area contributed by atoms with Crippen molar-refractivity contribution in [3.63, 3.8) is 0 Å². The summed E-state index contributed by atoms with van der Waals surface area (Å²) in [5.74, 6) is 3.06. The lowest BCUT2D eigenvalue weighted by molar-refractivity contribution is 0.633. The van der Waals surface area contributed by atoms with Crippen LogP contribution in [-0.2, 0) is 6.42 Å². The van der Waals surface area contributed by atoms with Crippen LogP contribution in [0, 0.1) is 11.8 Å². The molecule has 0 saturated carbocycles. The molecular formula is C56H41N3. The van der Waals surface area contributed by atoms with Crippen molar-refractivity contribution in [2.24, 2.45) is 11.8 Å². The van der Waals surface area contributed by atoms with Gasteiger partial charge in [0.1, 0.15) is 0 Å². The minimum Gasteiger partial charge on any atom is -0.208 e. The van der Waals surface area contributed by atoms with E-state index in [1.807, 2.05) is 6.07 Å². The first kappa shape index (κ1) is 35.0. The van der Waals surface area contributed by atoms with Crippen LogP contribution < -0.4 is 0 Å². The van der Waals surface area contributed by atoms with Gasteiger partial charge in [-0.05, 0) is 74.6 Å². The molecule has 3 unspecified atom stereocenters. The van der Waals surface area contributed by atoms with E-state index in [1.165, 1.54) is 55.7 Å². The molecule has 7 aromatic rings. The van der Waals surface area contributed by atoms with Crippen LogP contribution in [-0.4, -0.2) is 15.0 Å². The van der Waals surface area contributed by atoms with Gasteiger partial charge in [-0.25, -0.2) is 15.0 Å². The molecule has 0 spiro atoms. The van der Waals surface area contributed by atoms with Crippen LogP contribution in [0.4, 0.5) is 0 Å². The number of aromatic nitrogens is 3. The van der Waals surface area contributed by atoms with Gasteiger partial charge in [0.15, 0.2) is 17.5 Å². The number of hydrogen-bond donors (Lipinski definition) is 0. The van der Waals surface area contributed by atoms with Gasteiger partial charge in [-0.3, -0.25) is 0 Å². The number of allylic oxidation sites excluding steroid dienone is 12. The number of benzene rings is 6. The number of hydrogen-bond acceptors (Lipinski definition) is 3. The third kappa shape index (κ3) is 6.55. The molecule has 1 aromatic heterocycles. The van der Waals surface area contributed by atoms with Gasteiger partial charge >= 0.3 is 0 Å². The van der Waals surface area contributed by atoms with Gasteiger partial charge < -0.3 is 0 Å². The Hall–Kier alpha value is -7.23. The Morgan fingerprint density at radius 1 is 0.424 bits per heavy atom. The van der Waals surface area contributed by atoms with Gasteiger partial charge in [-0.15, -0.1) is 0 Å². The molecule has 3 heteroatoms. The van der Waals surface area contributed by atoms with Crippen molar-refractivity contribution in [3.8, 4) is 56.4 Å². The monoisotopic (exact) mass is 755 g/mol. The van der Waals surface area contributed by atoms with Crippen LogP contribution in [0.25, 0.3) is 67.6 Å². The molecule has 3 atom stereocenters. The van der Waals surface area contributed by atoms with Crippen LogP contribution >= 0.6 is 0 Å². The summed E-state index contributed by atoms with van der Waals surface area (Å²) < 4.78 is 0. The first-order valence-electron chi connectivity index (χ1n) is 20.7. The molecule has 11 rings (SSSR count). The van der Waals surface area contributed by atoms with E-state index in [1.54, 1.807) is 0 Å². The van der Waals surface area contributed by atoms with E-state index < -0.39 is 0 Å². The van der Waals surface area contributed by atoms with Crippen LogP contribution in [0.1, 0.15) is 34.6 Å². The molecule has 280 valence electrons. The Bertz CT molecular complexity index is 2890. The van der Waals surface area contributed by atoms with E-state index in [-0.39, 0.29) is 0 Å². The van der Waals surface area contributed by atoms with Gasteiger partial charge in [0.2, 0.25) is 0 Å². The van der Waals surface area contributed by atoms with Crippen molar-refractivity contribution >= 4 is 11.1 Å². The number of nitrogens with zero attached hydrogens (tertiary/aromatic N) is 3. The molecule has 0 saturated heterocycles. The molecule has 59 heavy (non-hydrogen) atoms. The fourth-order valence-electron chi connectivity index (χ4n) is 9.34. The van der Waals surface area contributed by atoms with Gasteiger partial charge in [0.05, 0.1) is 0 Å². The van der Waals surface area contributed by atoms with Gasteiger partial charge in [-0.1, -0.05) is 206 Å². The fraction of sp³-hybridized carbons (Fsp3) is 0.0893. The topological polar surface area (TPSA) is 38.7 Å². The molecule has 0 amide bonds. The molecule has 4 aliphatic carbocycles. The summed E-state index contributed by atoms with van der Waals surface area (Å²) in [5, 5.41) is 0. The van der Waals surface area contributed by atoms with Crippen LogP contribution in [0.5, 0.6) is 0 Å². The Morgan fingerprint density at radius 2 is 0.966 bits per heavy atom. The highest BCUT2D eigenvalue weighted by atomic mass is 15.0. The minimum absolute atomic E-state index is 0.347. The lowest BCUT2D eigenvalue weighted by Crippen LogP contribution is -2.20. The largest absolute Gasteiger partial charge is 0.208 e. The Labute approximate surface area is 345 Å². The quantitative estimate of drug-likeness (QED) is 0.163. The summed E-state index contributed by atoms with van der Waals surface area (Å²) in [4.78, 5) is 15.3. The molecule has 0 N–H and O–H groups in total. The highest BCUT2D eigenvalue weighted by molar-refractivity contribution is 5.98. The summed E-state index contributed by atoms with van der Waals surface area (Å²) in [6, 6.07) is 54.2. The molecule has 0 fully saturated rings. The summed E-state index contributed by atoms with van der Waals surface area (Å²) in [6.45, 7) is 0. The molecule has 1 heterocycles. The zero-order chi connectivity index (χ0) is 39.1. The fourth-order valence-corrected chi connectivity index (χ4v) is 9.34. The average molecular weight is 756 g/mol. The van der Waals surface area contributed by atoms with E-state index in [0.29, 0.717) is 35.2 Å². The van der Waals surface area contributed by atoms with Crippen molar-refractivity contribution in [2.45, 2.75) is 18.8 Å². The maximum absolute atomic E-state index is 5.12. The first-order valence-corrected chi connectivity index (χ1v) is 20.7. The molecule has 0 bridgehead atoms. The molecule has 0 radical (unpaired) electrons. The third-order valence-corrected chi connectivity index (χ3v) is 12.4. The summed E-state index contributed by atoms with van der Waals surface area (Å²) in [6.07, 6.45) is 22.4. The molecule has 6 aromatic carbocycles. The van der Waals surface area contributed by atoms with Crippen molar-refractivity contribution < 1.29 is 0 Å². The third-order valence-electron chi connectivity index (χ3n) is 12.4. The Morgan fingerprint density at radius 3 is 1.59 bits per heavy atom. The van der Waals surface area contributed by atoms with Crippen LogP contribution in [0.15, 0.2) is 212 Å². The number of fused-ring (bicyclic) bond motifs is 4. The Balaban J connectivity index is 0.967. The van der Waals surface area contributed by atoms with Gasteiger partial charge in [-0.2, -0.15) is 0 Å². The van der Waals surface area contributed by atoms with Crippen molar-refractivity contribution in [1.29, 1.82) is 0 Å². The lowest BCUT2D eigenvalue weighted by Gasteiger charge is -2.33. The zero-order valence-electron chi connectivity index (χ0n) is 32.6. The highest BCUT2D eigenvalue weighted by Gasteiger charge is 2.36. The van der Waals surface area contributed by atoms with Crippen molar-refractivity contribution in [1.82, 2.24) is 15.0 Å². The maximum Gasteiger partial charge on any atom is 0.164 e. The summed E-state index contributed by atoms with van der Waals surface area (Å²) >= 11 is 0. The van der Waals surface area contributed by atoms with Crippen molar-refractivity contribution in [2.75, 3.05) is 0 Å². The first-order chi connectivity index (χ1) is 29.2. The van der Waals surface area contributed by atoms with Crippen LogP contribution in [0.2, 0.25) is 0 Å². The van der Waals surface area contributed by atoms with Gasteiger partial charge in [0, 0.05) is 34.4 Å². The summed E-state index contributed by atoms with van der Waals surface area (Å²) in [7, 11) is 0. The molecule has 4 aliphatic rings. The SMILES string of the molecule is C1=CCC(c2ccc(-c3nc(-c4ccc(-c5ccccc5)cc4)nc(-c4ccc(-c5cccc6c5C5=C(C6)C6C=CC=CC6C(c6ccccc6)=C5)cc4)n3)cc2)C=C1. The van der Waals surface area contributed by atoms with E-state index in [0.717, 1.165) is 35.1 Å². The number of rotatable bonds is 7. The van der Waals surface area contributed by atoms with Gasteiger partial charge in [0.25, 0.3) is 0 Å². The lowest BCUT2D eigenvalue weighted by atomic mass is 9.71. The van der Waals surface area contributed by atoms with E-state index in [2.05, 4.69) is 200 Å². The summed E-state index contributed by atoms with van der Waals surface area (Å²) in [5.41, 5.74) is 17.3. The Kier molecular flexibility index (Phi) is 8.85. The van der Waals surface area contributed by atoms with E-state index in [9.17, 15) is 0 Å². The second-order valence-corrected chi connectivity index (χ2v) is 15.8. The van der Waals surface area contributed by atoms with E-state index in [4.69, 9.17) is 15.0 Å².